The minimum absolute atomic E-state index is 0.129. The zero-order valence-electron chi connectivity index (χ0n) is 13.1. The van der Waals surface area contributed by atoms with Crippen molar-refractivity contribution in [1.29, 1.82) is 0 Å². The second kappa shape index (κ2) is 6.41. The first kappa shape index (κ1) is 15.5. The van der Waals surface area contributed by atoms with Gasteiger partial charge in [0.25, 0.3) is 0 Å². The zero-order chi connectivity index (χ0) is 15.7. The second-order valence-electron chi connectivity index (χ2n) is 6.04. The Kier molecular flexibility index (Phi) is 4.52. The molecule has 0 unspecified atom stereocenters. The highest BCUT2D eigenvalue weighted by Crippen LogP contribution is 2.22. The fourth-order valence-corrected chi connectivity index (χ4v) is 3.16. The maximum Gasteiger partial charge on any atom is 0.0649 e. The lowest BCUT2D eigenvalue weighted by Crippen LogP contribution is -2.35. The molecule has 3 rings (SSSR count). The van der Waals surface area contributed by atoms with E-state index in [1.807, 2.05) is 28.9 Å². The summed E-state index contributed by atoms with van der Waals surface area (Å²) >= 11 is 5.96. The normalized spacial score (nSPS) is 17.1. The van der Waals surface area contributed by atoms with Crippen LogP contribution in [0.4, 0.5) is 0 Å². The van der Waals surface area contributed by atoms with E-state index in [-0.39, 0.29) is 6.10 Å². The Morgan fingerprint density at radius 3 is 2.45 bits per heavy atom. The van der Waals surface area contributed by atoms with Crippen LogP contribution >= 0.6 is 11.6 Å². The summed E-state index contributed by atoms with van der Waals surface area (Å²) in [6, 6.07) is 7.75. The minimum Gasteiger partial charge on any atom is -0.393 e. The molecule has 2 heterocycles. The molecule has 0 saturated carbocycles. The Hall–Kier alpha value is -1.36. The SMILES string of the molecule is Cc1nn(-c2ccc(Cl)cc2)c(C)c1CN1CCC(O)CC1. The predicted molar refractivity (Wildman–Crippen MR) is 88.6 cm³/mol. The van der Waals surface area contributed by atoms with E-state index in [1.54, 1.807) is 0 Å². The smallest absolute Gasteiger partial charge is 0.0649 e. The minimum atomic E-state index is -0.129. The van der Waals surface area contributed by atoms with Crippen molar-refractivity contribution in [3.8, 4) is 5.69 Å². The van der Waals surface area contributed by atoms with Crippen LogP contribution < -0.4 is 0 Å². The van der Waals surface area contributed by atoms with E-state index in [2.05, 4.69) is 23.8 Å². The maximum atomic E-state index is 9.62. The molecule has 22 heavy (non-hydrogen) atoms. The molecule has 0 amide bonds. The number of rotatable bonds is 3. The highest BCUT2D eigenvalue weighted by atomic mass is 35.5. The van der Waals surface area contributed by atoms with Crippen molar-refractivity contribution in [2.45, 2.75) is 39.3 Å². The molecule has 5 heteroatoms. The highest BCUT2D eigenvalue weighted by molar-refractivity contribution is 6.30. The van der Waals surface area contributed by atoms with Crippen LogP contribution in [-0.4, -0.2) is 39.0 Å². The second-order valence-corrected chi connectivity index (χ2v) is 6.48. The van der Waals surface area contributed by atoms with E-state index in [0.29, 0.717) is 0 Å². The van der Waals surface area contributed by atoms with Gasteiger partial charge in [0.15, 0.2) is 0 Å². The van der Waals surface area contributed by atoms with Gasteiger partial charge < -0.3 is 5.11 Å². The number of hydrogen-bond acceptors (Lipinski definition) is 3. The van der Waals surface area contributed by atoms with Gasteiger partial charge in [-0.2, -0.15) is 5.10 Å². The molecular weight excluding hydrogens is 298 g/mol. The summed E-state index contributed by atoms with van der Waals surface area (Å²) < 4.78 is 1.99. The summed E-state index contributed by atoms with van der Waals surface area (Å²) in [7, 11) is 0. The van der Waals surface area contributed by atoms with Gasteiger partial charge in [-0.3, -0.25) is 4.90 Å². The van der Waals surface area contributed by atoms with Gasteiger partial charge in [0.1, 0.15) is 0 Å². The van der Waals surface area contributed by atoms with Crippen LogP contribution in [-0.2, 0) is 6.54 Å². The lowest BCUT2D eigenvalue weighted by atomic mass is 10.1. The van der Waals surface area contributed by atoms with Gasteiger partial charge in [-0.1, -0.05) is 11.6 Å². The van der Waals surface area contributed by atoms with E-state index in [4.69, 9.17) is 11.6 Å². The van der Waals surface area contributed by atoms with Crippen molar-refractivity contribution >= 4 is 11.6 Å². The summed E-state index contributed by atoms with van der Waals surface area (Å²) in [5.41, 5.74) is 4.56. The number of hydrogen-bond donors (Lipinski definition) is 1. The van der Waals surface area contributed by atoms with Crippen molar-refractivity contribution in [3.63, 3.8) is 0 Å². The number of benzene rings is 1. The van der Waals surface area contributed by atoms with Crippen LogP contribution in [0.1, 0.15) is 29.8 Å². The molecule has 0 aliphatic carbocycles. The molecule has 118 valence electrons. The molecule has 0 bridgehead atoms. The molecule has 4 nitrogen and oxygen atoms in total. The Labute approximate surface area is 136 Å². The van der Waals surface area contributed by atoms with Gasteiger partial charge >= 0.3 is 0 Å². The topological polar surface area (TPSA) is 41.3 Å². The van der Waals surface area contributed by atoms with E-state index in [9.17, 15) is 5.11 Å². The summed E-state index contributed by atoms with van der Waals surface area (Å²) in [5.74, 6) is 0. The summed E-state index contributed by atoms with van der Waals surface area (Å²) in [6.45, 7) is 6.98. The first-order valence-electron chi connectivity index (χ1n) is 7.76. The van der Waals surface area contributed by atoms with Crippen molar-refractivity contribution in [2.24, 2.45) is 0 Å². The van der Waals surface area contributed by atoms with E-state index < -0.39 is 0 Å². The summed E-state index contributed by atoms with van der Waals surface area (Å²) in [4.78, 5) is 2.40. The van der Waals surface area contributed by atoms with Gasteiger partial charge in [-0.25, -0.2) is 4.68 Å². The van der Waals surface area contributed by atoms with Gasteiger partial charge in [0.05, 0.1) is 17.5 Å². The van der Waals surface area contributed by atoms with Gasteiger partial charge in [-0.05, 0) is 51.0 Å². The standard InChI is InChI=1S/C17H22ClN3O/c1-12-17(11-20-9-7-16(22)8-10-20)13(2)21(19-12)15-5-3-14(18)4-6-15/h3-6,16,22H,7-11H2,1-2H3. The summed E-state index contributed by atoms with van der Waals surface area (Å²) in [5, 5.41) is 15.0. The Balaban J connectivity index is 1.82. The Bertz CT molecular complexity index is 643. The van der Waals surface area contributed by atoms with Crippen molar-refractivity contribution in [1.82, 2.24) is 14.7 Å². The van der Waals surface area contributed by atoms with Crippen LogP contribution in [0.5, 0.6) is 0 Å². The van der Waals surface area contributed by atoms with Crippen LogP contribution in [0.2, 0.25) is 5.02 Å². The quantitative estimate of drug-likeness (QED) is 0.945. The van der Waals surface area contributed by atoms with E-state index >= 15 is 0 Å². The average Bonchev–Trinajstić information content (AvgIpc) is 2.78. The number of likely N-dealkylation sites (tertiary alicyclic amines) is 1. The molecule has 1 aromatic carbocycles. The van der Waals surface area contributed by atoms with Gasteiger partial charge in [0, 0.05) is 35.9 Å². The average molecular weight is 320 g/mol. The first-order valence-corrected chi connectivity index (χ1v) is 8.14. The van der Waals surface area contributed by atoms with E-state index in [0.717, 1.165) is 48.9 Å². The van der Waals surface area contributed by atoms with Crippen LogP contribution in [0.25, 0.3) is 5.69 Å². The molecular formula is C17H22ClN3O. The third-order valence-electron chi connectivity index (χ3n) is 4.45. The number of aliphatic hydroxyl groups is 1. The molecule has 2 aromatic rings. The maximum absolute atomic E-state index is 9.62. The third kappa shape index (κ3) is 3.19. The number of aryl methyl sites for hydroxylation is 1. The van der Waals surface area contributed by atoms with Crippen LogP contribution in [0.3, 0.4) is 0 Å². The number of nitrogens with zero attached hydrogens (tertiary/aromatic N) is 3. The molecule has 1 fully saturated rings. The number of aliphatic hydroxyl groups excluding tert-OH is 1. The van der Waals surface area contributed by atoms with Crippen LogP contribution in [0, 0.1) is 13.8 Å². The van der Waals surface area contributed by atoms with Crippen molar-refractivity contribution in [3.05, 3.63) is 46.2 Å². The highest BCUT2D eigenvalue weighted by Gasteiger charge is 2.20. The number of piperidine rings is 1. The van der Waals surface area contributed by atoms with Crippen LogP contribution in [0.15, 0.2) is 24.3 Å². The summed E-state index contributed by atoms with van der Waals surface area (Å²) in [6.07, 6.45) is 1.60. The number of aromatic nitrogens is 2. The monoisotopic (exact) mass is 319 g/mol. The zero-order valence-corrected chi connectivity index (χ0v) is 13.8. The van der Waals surface area contributed by atoms with Gasteiger partial charge in [0.2, 0.25) is 0 Å². The largest absolute Gasteiger partial charge is 0.393 e. The Morgan fingerprint density at radius 1 is 1.18 bits per heavy atom. The predicted octanol–water partition coefficient (Wildman–Crippen LogP) is 3.10. The fourth-order valence-electron chi connectivity index (χ4n) is 3.04. The van der Waals surface area contributed by atoms with E-state index in [1.165, 1.54) is 11.3 Å². The lowest BCUT2D eigenvalue weighted by molar-refractivity contribution is 0.0791. The molecule has 1 saturated heterocycles. The number of halogens is 1. The Morgan fingerprint density at radius 2 is 1.82 bits per heavy atom. The lowest BCUT2D eigenvalue weighted by Gasteiger charge is -2.29. The first-order chi connectivity index (χ1) is 10.5. The molecule has 0 spiro atoms. The molecule has 1 N–H and O–H groups in total. The van der Waals surface area contributed by atoms with Crippen molar-refractivity contribution < 1.29 is 5.11 Å². The molecule has 1 aliphatic heterocycles. The molecule has 0 radical (unpaired) electrons. The third-order valence-corrected chi connectivity index (χ3v) is 4.70. The fraction of sp³-hybridized carbons (Fsp3) is 0.471. The van der Waals surface area contributed by atoms with Gasteiger partial charge in [-0.15, -0.1) is 0 Å². The molecule has 0 atom stereocenters. The molecule has 1 aliphatic rings. The van der Waals surface area contributed by atoms with Crippen molar-refractivity contribution in [2.75, 3.05) is 13.1 Å². The molecule has 1 aromatic heterocycles.